The zero-order valence-electron chi connectivity index (χ0n) is 11.2. The van der Waals surface area contributed by atoms with Crippen LogP contribution in [0.15, 0.2) is 24.3 Å². The first-order valence-electron chi connectivity index (χ1n) is 6.68. The molecule has 108 valence electrons. The van der Waals surface area contributed by atoms with E-state index in [9.17, 15) is 9.59 Å². The van der Waals surface area contributed by atoms with Gasteiger partial charge in [-0.2, -0.15) is 0 Å². The van der Waals surface area contributed by atoms with Crippen molar-refractivity contribution in [2.75, 3.05) is 25.4 Å². The molecule has 6 nitrogen and oxygen atoms in total. The maximum atomic E-state index is 11.5. The first kappa shape index (κ1) is 14.2. The third kappa shape index (κ3) is 4.79. The minimum Gasteiger partial charge on any atom is -0.484 e. The third-order valence-corrected chi connectivity index (χ3v) is 2.92. The minimum atomic E-state index is -0.229. The van der Waals surface area contributed by atoms with Gasteiger partial charge in [0.1, 0.15) is 5.75 Å². The molecule has 1 aliphatic carbocycles. The van der Waals surface area contributed by atoms with Gasteiger partial charge in [0.15, 0.2) is 6.61 Å². The summed E-state index contributed by atoms with van der Waals surface area (Å²) in [4.78, 5) is 22.8. The average Bonchev–Trinajstić information content (AvgIpc) is 3.26. The molecule has 0 bridgehead atoms. The molecule has 1 aliphatic rings. The van der Waals surface area contributed by atoms with Crippen LogP contribution in [0.3, 0.4) is 0 Å². The Balaban J connectivity index is 1.57. The number of benzene rings is 1. The molecule has 2 amide bonds. The molecule has 2 rings (SSSR count). The number of carbonyl (C=O) groups excluding carboxylic acids is 2. The van der Waals surface area contributed by atoms with Crippen LogP contribution in [0.4, 0.5) is 5.69 Å². The number of hydrogen-bond donors (Lipinski definition) is 3. The van der Waals surface area contributed by atoms with Crippen LogP contribution < -0.4 is 21.1 Å². The average molecular weight is 277 g/mol. The van der Waals surface area contributed by atoms with Crippen molar-refractivity contribution in [3.8, 4) is 5.75 Å². The fourth-order valence-corrected chi connectivity index (χ4v) is 1.68. The first-order valence-corrected chi connectivity index (χ1v) is 6.68. The Hall–Kier alpha value is -2.24. The standard InChI is InChI=1S/C14H19N3O3/c15-11-2-1-3-12(8-11)20-9-13(18)16-6-7-17-14(19)10-4-5-10/h1-3,8,10H,4-7,9,15H2,(H,16,18)(H,17,19). The lowest BCUT2D eigenvalue weighted by molar-refractivity contribution is -0.124. The Morgan fingerprint density at radius 3 is 2.70 bits per heavy atom. The number of anilines is 1. The van der Waals surface area contributed by atoms with Crippen molar-refractivity contribution in [2.45, 2.75) is 12.8 Å². The molecule has 0 aliphatic heterocycles. The quantitative estimate of drug-likeness (QED) is 0.493. The number of nitrogens with two attached hydrogens (primary N) is 1. The normalized spacial score (nSPS) is 13.6. The molecule has 4 N–H and O–H groups in total. The number of rotatable bonds is 7. The second kappa shape index (κ2) is 6.79. The summed E-state index contributed by atoms with van der Waals surface area (Å²) in [6.45, 7) is 0.775. The monoisotopic (exact) mass is 277 g/mol. The predicted octanol–water partition coefficient (Wildman–Crippen LogP) is 0.290. The maximum absolute atomic E-state index is 11.5. The number of nitrogens with one attached hydrogen (secondary N) is 2. The summed E-state index contributed by atoms with van der Waals surface area (Å²) in [5.41, 5.74) is 6.19. The molecule has 0 aromatic heterocycles. The van der Waals surface area contributed by atoms with Gasteiger partial charge in [-0.25, -0.2) is 0 Å². The molecule has 1 fully saturated rings. The Labute approximate surface area is 117 Å². The van der Waals surface area contributed by atoms with E-state index in [4.69, 9.17) is 10.5 Å². The van der Waals surface area contributed by atoms with E-state index < -0.39 is 0 Å². The number of amides is 2. The minimum absolute atomic E-state index is 0.0694. The van der Waals surface area contributed by atoms with Gasteiger partial charge in [0.2, 0.25) is 5.91 Å². The van der Waals surface area contributed by atoms with Crippen molar-refractivity contribution < 1.29 is 14.3 Å². The van der Waals surface area contributed by atoms with E-state index in [2.05, 4.69) is 10.6 Å². The van der Waals surface area contributed by atoms with Crippen molar-refractivity contribution in [2.24, 2.45) is 5.92 Å². The topological polar surface area (TPSA) is 93.4 Å². The lowest BCUT2D eigenvalue weighted by atomic mass is 10.3. The summed E-state index contributed by atoms with van der Waals surface area (Å²) in [7, 11) is 0. The maximum Gasteiger partial charge on any atom is 0.258 e. The van der Waals surface area contributed by atoms with Crippen molar-refractivity contribution in [1.29, 1.82) is 0 Å². The molecule has 0 saturated heterocycles. The summed E-state index contributed by atoms with van der Waals surface area (Å²) >= 11 is 0. The van der Waals surface area contributed by atoms with E-state index in [1.807, 2.05) is 0 Å². The first-order chi connectivity index (χ1) is 9.65. The zero-order valence-corrected chi connectivity index (χ0v) is 11.2. The zero-order chi connectivity index (χ0) is 14.4. The summed E-state index contributed by atoms with van der Waals surface area (Å²) in [5, 5.41) is 5.44. The van der Waals surface area contributed by atoms with E-state index in [1.54, 1.807) is 24.3 Å². The molecule has 1 saturated carbocycles. The number of carbonyl (C=O) groups is 2. The second-order valence-corrected chi connectivity index (χ2v) is 4.78. The van der Waals surface area contributed by atoms with Gasteiger partial charge in [0, 0.05) is 30.8 Å². The molecule has 0 unspecified atom stereocenters. The second-order valence-electron chi connectivity index (χ2n) is 4.78. The van der Waals surface area contributed by atoms with Crippen LogP contribution in [-0.2, 0) is 9.59 Å². The Bertz CT molecular complexity index is 486. The van der Waals surface area contributed by atoms with Crippen LogP contribution in [-0.4, -0.2) is 31.5 Å². The highest BCUT2D eigenvalue weighted by molar-refractivity contribution is 5.81. The van der Waals surface area contributed by atoms with Crippen LogP contribution in [0.2, 0.25) is 0 Å². The van der Waals surface area contributed by atoms with Crippen molar-refractivity contribution in [3.05, 3.63) is 24.3 Å². The van der Waals surface area contributed by atoms with Crippen LogP contribution in [0, 0.1) is 5.92 Å². The SMILES string of the molecule is Nc1cccc(OCC(=O)NCCNC(=O)C2CC2)c1. The fraction of sp³-hybridized carbons (Fsp3) is 0.429. The third-order valence-electron chi connectivity index (χ3n) is 2.92. The van der Waals surface area contributed by atoms with Crippen molar-refractivity contribution in [3.63, 3.8) is 0 Å². The van der Waals surface area contributed by atoms with Crippen molar-refractivity contribution >= 4 is 17.5 Å². The highest BCUT2D eigenvalue weighted by Crippen LogP contribution is 2.28. The Morgan fingerprint density at radius 2 is 2.00 bits per heavy atom. The fourth-order valence-electron chi connectivity index (χ4n) is 1.68. The largest absolute Gasteiger partial charge is 0.484 e. The van der Waals surface area contributed by atoms with Gasteiger partial charge in [-0.05, 0) is 25.0 Å². The van der Waals surface area contributed by atoms with E-state index in [-0.39, 0.29) is 24.3 Å². The van der Waals surface area contributed by atoms with Crippen LogP contribution in [0.1, 0.15) is 12.8 Å². The highest BCUT2D eigenvalue weighted by Gasteiger charge is 2.28. The van der Waals surface area contributed by atoms with Crippen LogP contribution in [0.25, 0.3) is 0 Å². The van der Waals surface area contributed by atoms with Gasteiger partial charge in [0.25, 0.3) is 5.91 Å². The summed E-state index contributed by atoms with van der Waals surface area (Å²) < 4.78 is 5.30. The van der Waals surface area contributed by atoms with Crippen LogP contribution >= 0.6 is 0 Å². The lowest BCUT2D eigenvalue weighted by Gasteiger charge is -2.08. The number of nitrogen functional groups attached to an aromatic ring is 1. The molecule has 1 aromatic carbocycles. The van der Waals surface area contributed by atoms with E-state index in [0.717, 1.165) is 12.8 Å². The van der Waals surface area contributed by atoms with Gasteiger partial charge >= 0.3 is 0 Å². The Kier molecular flexibility index (Phi) is 4.81. The van der Waals surface area contributed by atoms with E-state index >= 15 is 0 Å². The predicted molar refractivity (Wildman–Crippen MR) is 75.1 cm³/mol. The molecule has 20 heavy (non-hydrogen) atoms. The van der Waals surface area contributed by atoms with Crippen molar-refractivity contribution in [1.82, 2.24) is 10.6 Å². The lowest BCUT2D eigenvalue weighted by Crippen LogP contribution is -2.37. The van der Waals surface area contributed by atoms with Gasteiger partial charge in [-0.3, -0.25) is 9.59 Å². The molecular formula is C14H19N3O3. The van der Waals surface area contributed by atoms with Gasteiger partial charge < -0.3 is 21.1 Å². The van der Waals surface area contributed by atoms with Crippen LogP contribution in [0.5, 0.6) is 5.75 Å². The van der Waals surface area contributed by atoms with Gasteiger partial charge in [-0.15, -0.1) is 0 Å². The molecule has 6 heteroatoms. The van der Waals surface area contributed by atoms with E-state index in [0.29, 0.717) is 24.5 Å². The molecule has 0 radical (unpaired) electrons. The molecule has 0 atom stereocenters. The molecular weight excluding hydrogens is 258 g/mol. The summed E-state index contributed by atoms with van der Waals surface area (Å²) in [6.07, 6.45) is 1.96. The van der Waals surface area contributed by atoms with E-state index in [1.165, 1.54) is 0 Å². The highest BCUT2D eigenvalue weighted by atomic mass is 16.5. The smallest absolute Gasteiger partial charge is 0.258 e. The van der Waals surface area contributed by atoms with Gasteiger partial charge in [-0.1, -0.05) is 6.07 Å². The summed E-state index contributed by atoms with van der Waals surface area (Å²) in [5.74, 6) is 0.600. The number of hydrogen-bond acceptors (Lipinski definition) is 4. The molecule has 0 spiro atoms. The summed E-state index contributed by atoms with van der Waals surface area (Å²) in [6, 6.07) is 6.90. The molecule has 0 heterocycles. The molecule has 1 aromatic rings. The number of ether oxygens (including phenoxy) is 1. The van der Waals surface area contributed by atoms with Gasteiger partial charge in [0.05, 0.1) is 0 Å². The Morgan fingerprint density at radius 1 is 1.25 bits per heavy atom.